The number of nitrogens with one attached hydrogen (secondary N) is 1. The summed E-state index contributed by atoms with van der Waals surface area (Å²) in [5.41, 5.74) is -1.39. The van der Waals surface area contributed by atoms with E-state index < -0.39 is 35.5 Å². The van der Waals surface area contributed by atoms with Crippen LogP contribution in [-0.4, -0.2) is 29.2 Å². The lowest BCUT2D eigenvalue weighted by atomic mass is 10.3. The number of ether oxygens (including phenoxy) is 1. The van der Waals surface area contributed by atoms with E-state index in [2.05, 4.69) is 9.72 Å². The van der Waals surface area contributed by atoms with Crippen LogP contribution in [0.5, 0.6) is 0 Å². The Morgan fingerprint density at radius 3 is 2.62 bits per heavy atom. The Morgan fingerprint density at radius 1 is 1.56 bits per heavy atom. The topological polar surface area (TPSA) is 72.0 Å². The van der Waals surface area contributed by atoms with Gasteiger partial charge in [0.25, 0.3) is 5.56 Å². The monoisotopic (exact) mass is 236 g/mol. The van der Waals surface area contributed by atoms with Crippen LogP contribution in [0.1, 0.15) is 16.2 Å². The van der Waals surface area contributed by atoms with Crippen molar-refractivity contribution in [2.45, 2.75) is 12.6 Å². The summed E-state index contributed by atoms with van der Waals surface area (Å²) in [5.74, 6) is -1.50. The zero-order valence-electron chi connectivity index (χ0n) is 8.09. The van der Waals surface area contributed by atoms with Crippen molar-refractivity contribution >= 4 is 5.97 Å². The van der Waals surface area contributed by atoms with Gasteiger partial charge in [0.15, 0.2) is 0 Å². The van der Waals surface area contributed by atoms with Crippen LogP contribution in [0.25, 0.3) is 0 Å². The van der Waals surface area contributed by atoms with E-state index in [1.54, 1.807) is 0 Å². The lowest BCUT2D eigenvalue weighted by Crippen LogP contribution is -2.24. The number of H-pyrrole nitrogens is 1. The molecule has 1 rings (SSSR count). The van der Waals surface area contributed by atoms with E-state index >= 15 is 0 Å². The third-order valence-corrected chi connectivity index (χ3v) is 1.63. The number of methoxy groups -OCH3 is 1. The van der Waals surface area contributed by atoms with Gasteiger partial charge in [-0.2, -0.15) is 13.2 Å². The molecule has 0 amide bonds. The normalized spacial score (nSPS) is 11.2. The van der Waals surface area contributed by atoms with E-state index in [1.165, 1.54) is 0 Å². The molecule has 0 fully saturated rings. The first-order valence-corrected chi connectivity index (χ1v) is 4.07. The molecular formula is C8H7F3N2O3. The molecule has 0 bridgehead atoms. The summed E-state index contributed by atoms with van der Waals surface area (Å²) in [6.45, 7) is 0. The summed E-state index contributed by atoms with van der Waals surface area (Å²) in [6.07, 6.45) is -5.07. The molecule has 0 saturated carbocycles. The van der Waals surface area contributed by atoms with Gasteiger partial charge < -0.3 is 9.72 Å². The fourth-order valence-corrected chi connectivity index (χ4v) is 0.967. The van der Waals surface area contributed by atoms with E-state index in [1.807, 2.05) is 4.98 Å². The molecule has 16 heavy (non-hydrogen) atoms. The molecule has 1 aromatic heterocycles. The Kier molecular flexibility index (Phi) is 3.31. The summed E-state index contributed by atoms with van der Waals surface area (Å²) in [7, 11) is 1.05. The van der Waals surface area contributed by atoms with Crippen LogP contribution in [0.4, 0.5) is 13.2 Å². The molecule has 0 saturated heterocycles. The van der Waals surface area contributed by atoms with E-state index in [0.29, 0.717) is 0 Å². The smallest absolute Gasteiger partial charge is 0.396 e. The number of nitrogens with zero attached hydrogens (tertiary/aromatic N) is 1. The van der Waals surface area contributed by atoms with E-state index in [4.69, 9.17) is 0 Å². The molecule has 1 aromatic rings. The first-order chi connectivity index (χ1) is 7.33. The minimum Gasteiger partial charge on any atom is -0.465 e. The number of hydrogen-bond donors (Lipinski definition) is 1. The van der Waals surface area contributed by atoms with Crippen molar-refractivity contribution in [2.24, 2.45) is 0 Å². The second-order valence-corrected chi connectivity index (χ2v) is 2.86. The molecular weight excluding hydrogens is 229 g/mol. The predicted octanol–water partition coefficient (Wildman–Crippen LogP) is 0.661. The number of aromatic amines is 1. The highest BCUT2D eigenvalue weighted by atomic mass is 19.4. The third-order valence-electron chi connectivity index (χ3n) is 1.63. The van der Waals surface area contributed by atoms with Crippen molar-refractivity contribution in [3.05, 3.63) is 27.9 Å². The Labute approximate surface area is 87.3 Å². The van der Waals surface area contributed by atoms with Crippen LogP contribution >= 0.6 is 0 Å². The van der Waals surface area contributed by atoms with Crippen molar-refractivity contribution in [3.8, 4) is 0 Å². The van der Waals surface area contributed by atoms with Gasteiger partial charge in [-0.15, -0.1) is 0 Å². The van der Waals surface area contributed by atoms with Crippen LogP contribution in [0, 0.1) is 0 Å². The molecule has 0 aliphatic rings. The summed E-state index contributed by atoms with van der Waals surface area (Å²) in [5, 5.41) is 0. The molecule has 0 spiro atoms. The van der Waals surface area contributed by atoms with Gasteiger partial charge in [0, 0.05) is 6.20 Å². The summed E-state index contributed by atoms with van der Waals surface area (Å²) >= 11 is 0. The summed E-state index contributed by atoms with van der Waals surface area (Å²) in [6, 6.07) is 0. The van der Waals surface area contributed by atoms with Crippen molar-refractivity contribution in [2.75, 3.05) is 7.11 Å². The average Bonchev–Trinajstić information content (AvgIpc) is 2.14. The third kappa shape index (κ3) is 3.07. The second kappa shape index (κ2) is 4.33. The van der Waals surface area contributed by atoms with E-state index in [-0.39, 0.29) is 0 Å². The van der Waals surface area contributed by atoms with Crippen LogP contribution in [-0.2, 0) is 11.2 Å². The van der Waals surface area contributed by atoms with Crippen molar-refractivity contribution < 1.29 is 22.7 Å². The molecule has 8 heteroatoms. The zero-order valence-corrected chi connectivity index (χ0v) is 8.09. The van der Waals surface area contributed by atoms with Gasteiger partial charge in [-0.05, 0) is 0 Å². The molecule has 0 unspecified atom stereocenters. The lowest BCUT2D eigenvalue weighted by Gasteiger charge is -2.05. The van der Waals surface area contributed by atoms with Crippen molar-refractivity contribution in [1.82, 2.24) is 9.97 Å². The molecule has 5 nitrogen and oxygen atoms in total. The first kappa shape index (κ1) is 12.2. The van der Waals surface area contributed by atoms with Gasteiger partial charge in [0.2, 0.25) is 0 Å². The average molecular weight is 236 g/mol. The maximum atomic E-state index is 11.9. The van der Waals surface area contributed by atoms with Crippen LogP contribution in [0.15, 0.2) is 11.0 Å². The van der Waals surface area contributed by atoms with Crippen LogP contribution in [0.3, 0.4) is 0 Å². The first-order valence-electron chi connectivity index (χ1n) is 4.07. The highest BCUT2D eigenvalue weighted by Gasteiger charge is 2.29. The SMILES string of the molecule is COC(=O)c1cnc(CC(F)(F)F)[nH]c1=O. The number of esters is 1. The predicted molar refractivity (Wildman–Crippen MR) is 46.0 cm³/mol. The quantitative estimate of drug-likeness (QED) is 0.765. The van der Waals surface area contributed by atoms with Crippen molar-refractivity contribution in [1.29, 1.82) is 0 Å². The highest BCUT2D eigenvalue weighted by Crippen LogP contribution is 2.18. The molecule has 0 atom stereocenters. The minimum absolute atomic E-state index is 0.437. The maximum Gasteiger partial charge on any atom is 0.396 e. The second-order valence-electron chi connectivity index (χ2n) is 2.86. The lowest BCUT2D eigenvalue weighted by molar-refractivity contribution is -0.128. The van der Waals surface area contributed by atoms with Crippen LogP contribution in [0.2, 0.25) is 0 Å². The van der Waals surface area contributed by atoms with Gasteiger partial charge in [0.05, 0.1) is 7.11 Å². The minimum atomic E-state index is -4.47. The van der Waals surface area contributed by atoms with Gasteiger partial charge in [-0.1, -0.05) is 0 Å². The maximum absolute atomic E-state index is 11.9. The summed E-state index contributed by atoms with van der Waals surface area (Å²) < 4.78 is 40.1. The number of hydrogen-bond acceptors (Lipinski definition) is 4. The zero-order chi connectivity index (χ0) is 12.3. The molecule has 1 N–H and O–H groups in total. The molecule has 0 aromatic carbocycles. The van der Waals surface area contributed by atoms with Crippen LogP contribution < -0.4 is 5.56 Å². The van der Waals surface area contributed by atoms with Gasteiger partial charge in [-0.3, -0.25) is 4.79 Å². The number of alkyl halides is 3. The van der Waals surface area contributed by atoms with Crippen molar-refractivity contribution in [3.63, 3.8) is 0 Å². The number of aromatic nitrogens is 2. The molecule has 0 radical (unpaired) electrons. The number of rotatable bonds is 2. The highest BCUT2D eigenvalue weighted by molar-refractivity contribution is 5.88. The summed E-state index contributed by atoms with van der Waals surface area (Å²) in [4.78, 5) is 27.3. The Hall–Kier alpha value is -1.86. The van der Waals surface area contributed by atoms with Gasteiger partial charge in [-0.25, -0.2) is 9.78 Å². The van der Waals surface area contributed by atoms with Gasteiger partial charge >= 0.3 is 12.1 Å². The van der Waals surface area contributed by atoms with Gasteiger partial charge in [0.1, 0.15) is 17.8 Å². The number of carbonyl (C=O) groups is 1. The molecule has 88 valence electrons. The number of halogens is 3. The fraction of sp³-hybridized carbons (Fsp3) is 0.375. The number of carbonyl (C=O) groups excluding carboxylic acids is 1. The van der Waals surface area contributed by atoms with E-state index in [0.717, 1.165) is 13.3 Å². The Balaban J connectivity index is 3.01. The fourth-order valence-electron chi connectivity index (χ4n) is 0.967. The molecule has 0 aliphatic carbocycles. The Bertz CT molecular complexity index is 453. The molecule has 0 aliphatic heterocycles. The molecule has 1 heterocycles. The standard InChI is InChI=1S/C8H7F3N2O3/c1-16-7(15)4-3-12-5(13-6(4)14)2-8(9,10)11/h3H,2H2,1H3,(H,12,13,14). The largest absolute Gasteiger partial charge is 0.465 e. The Morgan fingerprint density at radius 2 is 2.19 bits per heavy atom. The van der Waals surface area contributed by atoms with E-state index in [9.17, 15) is 22.8 Å².